The molecule has 1 N–H and O–H groups in total. The molecular formula is C10H9ClN2O4. The molecule has 0 saturated carbocycles. The molecule has 0 radical (unpaired) electrons. The smallest absolute Gasteiger partial charge is 0.270 e. The van der Waals surface area contributed by atoms with Crippen molar-refractivity contribution in [2.24, 2.45) is 0 Å². The van der Waals surface area contributed by atoms with E-state index in [9.17, 15) is 19.7 Å². The van der Waals surface area contributed by atoms with Crippen LogP contribution < -0.4 is 5.32 Å². The maximum absolute atomic E-state index is 11.6. The Morgan fingerprint density at radius 3 is 2.71 bits per heavy atom. The molecule has 0 atom stereocenters. The van der Waals surface area contributed by atoms with E-state index in [1.165, 1.54) is 18.2 Å². The molecule has 6 nitrogen and oxygen atoms in total. The van der Waals surface area contributed by atoms with Crippen LogP contribution in [0.1, 0.15) is 10.4 Å². The van der Waals surface area contributed by atoms with E-state index in [0.717, 1.165) is 6.07 Å². The van der Waals surface area contributed by atoms with Crippen molar-refractivity contribution < 1.29 is 14.5 Å². The van der Waals surface area contributed by atoms with Crippen LogP contribution in [0.25, 0.3) is 0 Å². The summed E-state index contributed by atoms with van der Waals surface area (Å²) >= 11 is 5.24. The van der Waals surface area contributed by atoms with Crippen molar-refractivity contribution >= 4 is 29.0 Å². The van der Waals surface area contributed by atoms with E-state index < -0.39 is 16.6 Å². The minimum atomic E-state index is -0.589. The number of benzene rings is 1. The Balaban J connectivity index is 2.72. The van der Waals surface area contributed by atoms with Gasteiger partial charge in [-0.1, -0.05) is 12.1 Å². The van der Waals surface area contributed by atoms with Gasteiger partial charge in [-0.2, -0.15) is 0 Å². The van der Waals surface area contributed by atoms with Crippen LogP contribution in [0.15, 0.2) is 24.3 Å². The maximum Gasteiger partial charge on any atom is 0.270 e. The summed E-state index contributed by atoms with van der Waals surface area (Å²) in [5.74, 6) is -1.11. The lowest BCUT2D eigenvalue weighted by Crippen LogP contribution is -2.30. The average Bonchev–Trinajstić information content (AvgIpc) is 2.35. The lowest BCUT2D eigenvalue weighted by atomic mass is 10.1. The summed E-state index contributed by atoms with van der Waals surface area (Å²) in [6.45, 7) is -0.229. The first-order valence-corrected chi connectivity index (χ1v) is 5.18. The van der Waals surface area contributed by atoms with E-state index in [0.29, 0.717) is 0 Å². The number of ketones is 1. The number of non-ortho nitro benzene ring substituents is 1. The van der Waals surface area contributed by atoms with Crippen LogP contribution in [0, 0.1) is 10.1 Å². The molecule has 1 amide bonds. The predicted octanol–water partition coefficient (Wildman–Crippen LogP) is 1.13. The highest BCUT2D eigenvalue weighted by atomic mass is 35.5. The number of rotatable bonds is 5. The highest BCUT2D eigenvalue weighted by molar-refractivity contribution is 6.27. The van der Waals surface area contributed by atoms with Gasteiger partial charge in [-0.15, -0.1) is 11.6 Å². The molecule has 1 aromatic rings. The van der Waals surface area contributed by atoms with Crippen molar-refractivity contribution in [2.75, 3.05) is 12.4 Å². The van der Waals surface area contributed by atoms with Crippen molar-refractivity contribution in [2.45, 2.75) is 0 Å². The molecule has 0 saturated heterocycles. The number of nitrogens with one attached hydrogen (secondary N) is 1. The molecule has 7 heteroatoms. The van der Waals surface area contributed by atoms with Crippen molar-refractivity contribution in [1.29, 1.82) is 0 Å². The number of carbonyl (C=O) groups is 2. The van der Waals surface area contributed by atoms with Gasteiger partial charge in [0.2, 0.25) is 5.91 Å². The highest BCUT2D eigenvalue weighted by Gasteiger charge is 2.11. The zero-order chi connectivity index (χ0) is 12.8. The molecule has 90 valence electrons. The molecular weight excluding hydrogens is 248 g/mol. The molecule has 0 heterocycles. The highest BCUT2D eigenvalue weighted by Crippen LogP contribution is 2.13. The summed E-state index contributed by atoms with van der Waals surface area (Å²) in [7, 11) is 0. The molecule has 0 unspecified atom stereocenters. The van der Waals surface area contributed by atoms with Gasteiger partial charge >= 0.3 is 0 Å². The van der Waals surface area contributed by atoms with Gasteiger partial charge in [-0.3, -0.25) is 19.7 Å². The fourth-order valence-corrected chi connectivity index (χ4v) is 1.22. The van der Waals surface area contributed by atoms with Gasteiger partial charge in [0.05, 0.1) is 11.5 Å². The summed E-state index contributed by atoms with van der Waals surface area (Å²) in [4.78, 5) is 32.3. The largest absolute Gasteiger partial charge is 0.348 e. The zero-order valence-corrected chi connectivity index (χ0v) is 9.44. The van der Waals surface area contributed by atoms with E-state index in [4.69, 9.17) is 11.6 Å². The third-order valence-corrected chi connectivity index (χ3v) is 2.19. The first kappa shape index (κ1) is 13.1. The van der Waals surface area contributed by atoms with Crippen molar-refractivity contribution in [1.82, 2.24) is 5.32 Å². The Morgan fingerprint density at radius 2 is 2.12 bits per heavy atom. The van der Waals surface area contributed by atoms with Gasteiger partial charge in [0, 0.05) is 17.7 Å². The lowest BCUT2D eigenvalue weighted by Gasteiger charge is -2.02. The van der Waals surface area contributed by atoms with Gasteiger partial charge < -0.3 is 5.32 Å². The molecule has 0 fully saturated rings. The number of hydrogen-bond acceptors (Lipinski definition) is 4. The SMILES string of the molecule is O=C(CCl)NCC(=O)c1cccc([N+](=O)[O-])c1. The Kier molecular flexibility index (Phi) is 4.59. The fraction of sp³-hybridized carbons (Fsp3) is 0.200. The van der Waals surface area contributed by atoms with E-state index in [-0.39, 0.29) is 23.7 Å². The van der Waals surface area contributed by atoms with Crippen LogP contribution in [0.4, 0.5) is 5.69 Å². The summed E-state index contributed by atoms with van der Waals surface area (Å²) in [6.07, 6.45) is 0. The maximum atomic E-state index is 11.6. The van der Waals surface area contributed by atoms with Gasteiger partial charge in [0.15, 0.2) is 5.78 Å². The third-order valence-electron chi connectivity index (χ3n) is 1.95. The van der Waals surface area contributed by atoms with E-state index in [1.807, 2.05) is 0 Å². The van der Waals surface area contributed by atoms with Crippen molar-refractivity contribution in [3.8, 4) is 0 Å². The molecule has 0 bridgehead atoms. The second kappa shape index (κ2) is 5.95. The average molecular weight is 257 g/mol. The summed E-state index contributed by atoms with van der Waals surface area (Å²) in [6, 6.07) is 5.31. The minimum absolute atomic E-state index is 0.167. The van der Waals surface area contributed by atoms with E-state index >= 15 is 0 Å². The number of amides is 1. The zero-order valence-electron chi connectivity index (χ0n) is 8.68. The number of halogens is 1. The standard InChI is InChI=1S/C10H9ClN2O4/c11-5-10(15)12-6-9(14)7-2-1-3-8(4-7)13(16)17/h1-4H,5-6H2,(H,12,15). The monoisotopic (exact) mass is 256 g/mol. The molecule has 0 aliphatic heterocycles. The van der Waals surface area contributed by atoms with Gasteiger partial charge in [-0.25, -0.2) is 0 Å². The molecule has 0 aromatic heterocycles. The van der Waals surface area contributed by atoms with Crippen molar-refractivity contribution in [3.63, 3.8) is 0 Å². The summed E-state index contributed by atoms with van der Waals surface area (Å²) in [5.41, 5.74) is 0.00796. The third kappa shape index (κ3) is 3.84. The van der Waals surface area contributed by atoms with Crippen LogP contribution in [-0.4, -0.2) is 29.0 Å². The number of hydrogen-bond donors (Lipinski definition) is 1. The van der Waals surface area contributed by atoms with Gasteiger partial charge in [0.25, 0.3) is 5.69 Å². The van der Waals surface area contributed by atoms with Crippen LogP contribution >= 0.6 is 11.6 Å². The van der Waals surface area contributed by atoms with Crippen LogP contribution in [-0.2, 0) is 4.79 Å². The number of alkyl halides is 1. The Bertz CT molecular complexity index is 461. The Hall–Kier alpha value is -1.95. The van der Waals surface area contributed by atoms with Crippen LogP contribution in [0.5, 0.6) is 0 Å². The first-order chi connectivity index (χ1) is 8.04. The van der Waals surface area contributed by atoms with Gasteiger partial charge in [0.1, 0.15) is 5.88 Å². The molecule has 17 heavy (non-hydrogen) atoms. The predicted molar refractivity (Wildman–Crippen MR) is 61.2 cm³/mol. The number of nitro benzene ring substituents is 1. The number of nitrogens with zero attached hydrogens (tertiary/aromatic N) is 1. The lowest BCUT2D eigenvalue weighted by molar-refractivity contribution is -0.384. The summed E-state index contributed by atoms with van der Waals surface area (Å²) in [5, 5.41) is 12.8. The quantitative estimate of drug-likeness (QED) is 0.370. The molecule has 0 aliphatic rings. The summed E-state index contributed by atoms with van der Waals surface area (Å²) < 4.78 is 0. The van der Waals surface area contributed by atoms with E-state index in [1.54, 1.807) is 0 Å². The number of Topliss-reactive ketones (excluding diaryl/α,β-unsaturated/α-hetero) is 1. The molecule has 1 rings (SSSR count). The number of carbonyl (C=O) groups excluding carboxylic acids is 2. The second-order valence-electron chi connectivity index (χ2n) is 3.14. The first-order valence-electron chi connectivity index (χ1n) is 4.65. The van der Waals surface area contributed by atoms with Crippen molar-refractivity contribution in [3.05, 3.63) is 39.9 Å². The fourth-order valence-electron chi connectivity index (χ4n) is 1.12. The second-order valence-corrected chi connectivity index (χ2v) is 3.41. The Labute approximate surface area is 102 Å². The normalized spacial score (nSPS) is 9.71. The van der Waals surface area contributed by atoms with E-state index in [2.05, 4.69) is 5.32 Å². The van der Waals surface area contributed by atoms with Crippen LogP contribution in [0.3, 0.4) is 0 Å². The minimum Gasteiger partial charge on any atom is -0.348 e. The molecule has 0 aliphatic carbocycles. The topological polar surface area (TPSA) is 89.3 Å². The number of nitro groups is 1. The Morgan fingerprint density at radius 1 is 1.41 bits per heavy atom. The molecule has 0 spiro atoms. The molecule has 1 aromatic carbocycles. The van der Waals surface area contributed by atoms with Gasteiger partial charge in [-0.05, 0) is 0 Å². The van der Waals surface area contributed by atoms with Crippen LogP contribution in [0.2, 0.25) is 0 Å².